The van der Waals surface area contributed by atoms with E-state index in [-0.39, 0.29) is 5.91 Å². The SMILES string of the molecule is O=C(c1cccc(Cl)c1)N1CC[NH+](Cc2cccc(Br)c2)CC1. The van der Waals surface area contributed by atoms with Crippen molar-refractivity contribution in [1.82, 2.24) is 4.90 Å². The molecule has 1 aliphatic heterocycles. The fraction of sp³-hybridized carbons (Fsp3) is 0.278. The average molecular weight is 395 g/mol. The molecule has 1 fully saturated rings. The molecule has 23 heavy (non-hydrogen) atoms. The first-order chi connectivity index (χ1) is 11.1. The molecule has 3 rings (SSSR count). The number of benzene rings is 2. The van der Waals surface area contributed by atoms with E-state index in [0.29, 0.717) is 10.6 Å². The summed E-state index contributed by atoms with van der Waals surface area (Å²) < 4.78 is 1.11. The van der Waals surface area contributed by atoms with Crippen molar-refractivity contribution in [3.63, 3.8) is 0 Å². The van der Waals surface area contributed by atoms with Crippen LogP contribution in [0.25, 0.3) is 0 Å². The van der Waals surface area contributed by atoms with E-state index < -0.39 is 0 Å². The molecule has 1 aliphatic rings. The average Bonchev–Trinajstić information content (AvgIpc) is 2.55. The monoisotopic (exact) mass is 393 g/mol. The van der Waals surface area contributed by atoms with Gasteiger partial charge < -0.3 is 9.80 Å². The zero-order valence-electron chi connectivity index (χ0n) is 12.8. The van der Waals surface area contributed by atoms with E-state index in [1.807, 2.05) is 23.1 Å². The van der Waals surface area contributed by atoms with Crippen LogP contribution in [-0.2, 0) is 6.54 Å². The van der Waals surface area contributed by atoms with Crippen molar-refractivity contribution in [2.45, 2.75) is 6.54 Å². The van der Waals surface area contributed by atoms with Gasteiger partial charge in [0.25, 0.3) is 5.91 Å². The van der Waals surface area contributed by atoms with E-state index >= 15 is 0 Å². The quantitative estimate of drug-likeness (QED) is 0.850. The predicted octanol–water partition coefficient (Wildman–Crippen LogP) is 2.64. The third-order valence-corrected chi connectivity index (χ3v) is 4.90. The minimum atomic E-state index is 0.0778. The summed E-state index contributed by atoms with van der Waals surface area (Å²) in [5.41, 5.74) is 2.00. The molecule has 0 radical (unpaired) electrons. The number of hydrogen-bond acceptors (Lipinski definition) is 1. The Morgan fingerprint density at radius 3 is 2.57 bits per heavy atom. The molecule has 1 saturated heterocycles. The highest BCUT2D eigenvalue weighted by atomic mass is 79.9. The second-order valence-electron chi connectivity index (χ2n) is 5.86. The maximum absolute atomic E-state index is 12.5. The molecule has 0 spiro atoms. The Morgan fingerprint density at radius 1 is 1.13 bits per heavy atom. The second-order valence-corrected chi connectivity index (χ2v) is 7.21. The summed E-state index contributed by atoms with van der Waals surface area (Å²) in [6, 6.07) is 15.6. The Bertz CT molecular complexity index is 699. The topological polar surface area (TPSA) is 24.8 Å². The lowest BCUT2D eigenvalue weighted by Crippen LogP contribution is -3.13. The molecule has 120 valence electrons. The van der Waals surface area contributed by atoms with Crippen LogP contribution >= 0.6 is 27.5 Å². The molecule has 0 unspecified atom stereocenters. The largest absolute Gasteiger partial charge is 0.328 e. The van der Waals surface area contributed by atoms with Crippen LogP contribution in [-0.4, -0.2) is 37.0 Å². The van der Waals surface area contributed by atoms with E-state index in [9.17, 15) is 4.79 Å². The van der Waals surface area contributed by atoms with Crippen molar-refractivity contribution < 1.29 is 9.69 Å². The van der Waals surface area contributed by atoms with Crippen LogP contribution in [0.2, 0.25) is 5.02 Å². The molecule has 0 saturated carbocycles. The van der Waals surface area contributed by atoms with E-state index in [2.05, 4.69) is 34.1 Å². The van der Waals surface area contributed by atoms with Gasteiger partial charge in [0.05, 0.1) is 26.2 Å². The van der Waals surface area contributed by atoms with Gasteiger partial charge in [-0.1, -0.05) is 45.7 Å². The van der Waals surface area contributed by atoms with Crippen LogP contribution < -0.4 is 4.90 Å². The highest BCUT2D eigenvalue weighted by molar-refractivity contribution is 9.10. The molecule has 0 aromatic heterocycles. The van der Waals surface area contributed by atoms with Crippen molar-refractivity contribution >= 4 is 33.4 Å². The normalized spacial score (nSPS) is 15.7. The van der Waals surface area contributed by atoms with Gasteiger partial charge >= 0.3 is 0 Å². The number of hydrogen-bond donors (Lipinski definition) is 1. The Morgan fingerprint density at radius 2 is 1.87 bits per heavy atom. The van der Waals surface area contributed by atoms with Crippen molar-refractivity contribution in [1.29, 1.82) is 0 Å². The summed E-state index contributed by atoms with van der Waals surface area (Å²) in [7, 11) is 0. The molecular formula is C18H19BrClN2O+. The fourth-order valence-corrected chi connectivity index (χ4v) is 3.58. The summed E-state index contributed by atoms with van der Waals surface area (Å²) in [6.07, 6.45) is 0. The molecule has 2 aromatic carbocycles. The molecule has 0 atom stereocenters. The number of nitrogens with zero attached hydrogens (tertiary/aromatic N) is 1. The smallest absolute Gasteiger partial charge is 0.254 e. The van der Waals surface area contributed by atoms with Crippen LogP contribution in [0.5, 0.6) is 0 Å². The molecule has 1 N–H and O–H groups in total. The Labute approximate surface area is 150 Å². The maximum atomic E-state index is 12.5. The van der Waals surface area contributed by atoms with Crippen LogP contribution in [0.1, 0.15) is 15.9 Å². The number of carbonyl (C=O) groups is 1. The third-order valence-electron chi connectivity index (χ3n) is 4.17. The number of rotatable bonds is 3. The van der Waals surface area contributed by atoms with Crippen molar-refractivity contribution in [2.75, 3.05) is 26.2 Å². The fourth-order valence-electron chi connectivity index (χ4n) is 2.94. The third kappa shape index (κ3) is 4.34. The zero-order valence-corrected chi connectivity index (χ0v) is 15.1. The minimum Gasteiger partial charge on any atom is -0.328 e. The van der Waals surface area contributed by atoms with Gasteiger partial charge in [0, 0.05) is 20.6 Å². The van der Waals surface area contributed by atoms with Gasteiger partial charge in [0.15, 0.2) is 0 Å². The summed E-state index contributed by atoms with van der Waals surface area (Å²) in [6.45, 7) is 4.51. The summed E-state index contributed by atoms with van der Waals surface area (Å²) in [4.78, 5) is 16.0. The lowest BCUT2D eigenvalue weighted by molar-refractivity contribution is -0.917. The first-order valence-electron chi connectivity index (χ1n) is 7.75. The predicted molar refractivity (Wildman–Crippen MR) is 95.9 cm³/mol. The van der Waals surface area contributed by atoms with Gasteiger partial charge in [-0.05, 0) is 30.3 Å². The molecule has 0 bridgehead atoms. The summed E-state index contributed by atoms with van der Waals surface area (Å²) in [5, 5.41) is 0.606. The van der Waals surface area contributed by atoms with E-state index in [1.54, 1.807) is 12.1 Å². The van der Waals surface area contributed by atoms with Gasteiger partial charge in [-0.15, -0.1) is 0 Å². The highest BCUT2D eigenvalue weighted by Crippen LogP contribution is 2.13. The van der Waals surface area contributed by atoms with Crippen molar-refractivity contribution in [2.24, 2.45) is 0 Å². The van der Waals surface area contributed by atoms with Gasteiger partial charge in [0.2, 0.25) is 0 Å². The van der Waals surface area contributed by atoms with Crippen molar-refractivity contribution in [3.8, 4) is 0 Å². The van der Waals surface area contributed by atoms with Crippen molar-refractivity contribution in [3.05, 3.63) is 69.2 Å². The van der Waals surface area contributed by atoms with Gasteiger partial charge in [0.1, 0.15) is 6.54 Å². The number of nitrogens with one attached hydrogen (secondary N) is 1. The van der Waals surface area contributed by atoms with Crippen LogP contribution in [0, 0.1) is 0 Å². The standard InChI is InChI=1S/C18H18BrClN2O/c19-16-5-1-3-14(11-16)13-21-7-9-22(10-8-21)18(23)15-4-2-6-17(20)12-15/h1-6,11-12H,7-10,13H2/p+1. The lowest BCUT2D eigenvalue weighted by Gasteiger charge is -2.32. The first-order valence-corrected chi connectivity index (χ1v) is 8.92. The molecule has 1 amide bonds. The van der Waals surface area contributed by atoms with Crippen LogP contribution in [0.3, 0.4) is 0 Å². The molecule has 2 aromatic rings. The molecule has 0 aliphatic carbocycles. The number of quaternary nitrogens is 1. The van der Waals surface area contributed by atoms with Crippen LogP contribution in [0.4, 0.5) is 0 Å². The van der Waals surface area contributed by atoms with E-state index in [0.717, 1.165) is 37.2 Å². The molecular weight excluding hydrogens is 376 g/mol. The first kappa shape index (κ1) is 16.5. The number of carbonyl (C=O) groups excluding carboxylic acids is 1. The number of amides is 1. The molecule has 3 nitrogen and oxygen atoms in total. The maximum Gasteiger partial charge on any atom is 0.254 e. The molecule has 1 heterocycles. The van der Waals surface area contributed by atoms with E-state index in [1.165, 1.54) is 10.5 Å². The highest BCUT2D eigenvalue weighted by Gasteiger charge is 2.24. The number of piperazine rings is 1. The Kier molecular flexibility index (Phi) is 5.36. The summed E-state index contributed by atoms with van der Waals surface area (Å²) in [5.74, 6) is 0.0778. The summed E-state index contributed by atoms with van der Waals surface area (Å²) >= 11 is 9.49. The zero-order chi connectivity index (χ0) is 16.2. The Balaban J connectivity index is 1.57. The van der Waals surface area contributed by atoms with Gasteiger partial charge in [-0.3, -0.25) is 4.79 Å². The second kappa shape index (κ2) is 7.47. The van der Waals surface area contributed by atoms with Gasteiger partial charge in [-0.25, -0.2) is 0 Å². The minimum absolute atomic E-state index is 0.0778. The number of halogens is 2. The lowest BCUT2D eigenvalue weighted by atomic mass is 10.1. The van der Waals surface area contributed by atoms with Crippen LogP contribution in [0.15, 0.2) is 53.0 Å². The Hall–Kier alpha value is -1.36. The van der Waals surface area contributed by atoms with Gasteiger partial charge in [-0.2, -0.15) is 0 Å². The molecule has 5 heteroatoms. The van der Waals surface area contributed by atoms with E-state index in [4.69, 9.17) is 11.6 Å².